The number of aromatic nitrogens is 3. The van der Waals surface area contributed by atoms with E-state index in [0.717, 1.165) is 12.1 Å². The molecule has 0 spiro atoms. The minimum absolute atomic E-state index is 0.0934. The standard InChI is InChI=1S/C19H19F2N7O4S/c1-33(30,31)28-8-6-27(7-9-28)16-5-3-13(11-22-16)23-17(29)18-25-26-19(32-18)24-15-4-2-12(20)10-14(15)21/h2-5,10-11H,6-9H2,1H3,(H,23,29)(H,24,26). The predicted octanol–water partition coefficient (Wildman–Crippen LogP) is 1.82. The van der Waals surface area contributed by atoms with Crippen molar-refractivity contribution in [2.24, 2.45) is 0 Å². The SMILES string of the molecule is CS(=O)(=O)N1CCN(c2ccc(NC(=O)c3nnc(Nc4ccc(F)cc4F)o3)cn2)CC1. The summed E-state index contributed by atoms with van der Waals surface area (Å²) in [5.41, 5.74) is 0.278. The molecule has 14 heteroatoms. The van der Waals surface area contributed by atoms with Crippen LogP contribution in [0.4, 0.5) is 32.0 Å². The molecule has 1 amide bonds. The smallest absolute Gasteiger partial charge is 0.320 e. The van der Waals surface area contributed by atoms with Crippen molar-refractivity contribution < 1.29 is 26.4 Å². The third kappa shape index (κ3) is 5.40. The Morgan fingerprint density at radius 2 is 1.85 bits per heavy atom. The first-order valence-corrected chi connectivity index (χ1v) is 11.6. The Hall–Kier alpha value is -3.65. The van der Waals surface area contributed by atoms with E-state index in [1.54, 1.807) is 12.1 Å². The minimum atomic E-state index is -3.22. The van der Waals surface area contributed by atoms with Crippen LogP contribution in [0, 0.1) is 11.6 Å². The van der Waals surface area contributed by atoms with Crippen LogP contribution in [0.25, 0.3) is 0 Å². The lowest BCUT2D eigenvalue weighted by atomic mass is 10.3. The number of halogens is 2. The molecular formula is C19H19F2N7O4S. The second-order valence-corrected chi connectivity index (χ2v) is 9.15. The summed E-state index contributed by atoms with van der Waals surface area (Å²) in [4.78, 5) is 18.6. The van der Waals surface area contributed by atoms with Gasteiger partial charge < -0.3 is 20.0 Å². The summed E-state index contributed by atoms with van der Waals surface area (Å²) < 4.78 is 56.5. The zero-order valence-electron chi connectivity index (χ0n) is 17.3. The molecule has 0 atom stereocenters. The number of benzene rings is 1. The van der Waals surface area contributed by atoms with Gasteiger partial charge in [0.1, 0.15) is 17.5 Å². The van der Waals surface area contributed by atoms with Gasteiger partial charge in [-0.15, -0.1) is 5.10 Å². The molecule has 1 aliphatic rings. The Kier molecular flexibility index (Phi) is 6.20. The van der Waals surface area contributed by atoms with Gasteiger partial charge in [-0.25, -0.2) is 22.2 Å². The van der Waals surface area contributed by atoms with Gasteiger partial charge in [-0.05, 0) is 24.3 Å². The van der Waals surface area contributed by atoms with Crippen molar-refractivity contribution >= 4 is 39.1 Å². The number of pyridine rings is 1. The summed E-state index contributed by atoms with van der Waals surface area (Å²) in [6, 6.07) is 5.98. The second-order valence-electron chi connectivity index (χ2n) is 7.17. The quantitative estimate of drug-likeness (QED) is 0.543. The van der Waals surface area contributed by atoms with Crippen molar-refractivity contribution in [2.75, 3.05) is 48.0 Å². The van der Waals surface area contributed by atoms with Crippen LogP contribution in [-0.2, 0) is 10.0 Å². The monoisotopic (exact) mass is 479 g/mol. The largest absolute Gasteiger partial charge is 0.399 e. The van der Waals surface area contributed by atoms with Crippen LogP contribution in [0.5, 0.6) is 0 Å². The first-order valence-electron chi connectivity index (χ1n) is 9.72. The average molecular weight is 479 g/mol. The number of rotatable bonds is 6. The highest BCUT2D eigenvalue weighted by Gasteiger charge is 2.24. The highest BCUT2D eigenvalue weighted by Crippen LogP contribution is 2.21. The van der Waals surface area contributed by atoms with Gasteiger partial charge in [0.05, 0.1) is 23.8 Å². The molecule has 0 unspecified atom stereocenters. The zero-order valence-corrected chi connectivity index (χ0v) is 18.1. The van der Waals surface area contributed by atoms with Gasteiger partial charge in [-0.3, -0.25) is 4.79 Å². The maximum atomic E-state index is 13.7. The van der Waals surface area contributed by atoms with Crippen LogP contribution < -0.4 is 15.5 Å². The Morgan fingerprint density at radius 1 is 1.09 bits per heavy atom. The number of nitrogens with zero attached hydrogens (tertiary/aromatic N) is 5. The molecule has 174 valence electrons. The number of hydrogen-bond acceptors (Lipinski definition) is 9. The van der Waals surface area contributed by atoms with Gasteiger partial charge in [0.2, 0.25) is 10.0 Å². The number of hydrogen-bond donors (Lipinski definition) is 2. The van der Waals surface area contributed by atoms with Crippen LogP contribution in [0.3, 0.4) is 0 Å². The van der Waals surface area contributed by atoms with Crippen LogP contribution in [0.1, 0.15) is 10.7 Å². The van der Waals surface area contributed by atoms with Crippen molar-refractivity contribution in [3.05, 3.63) is 54.1 Å². The van der Waals surface area contributed by atoms with E-state index < -0.39 is 27.6 Å². The molecular weight excluding hydrogens is 460 g/mol. The van der Waals surface area contributed by atoms with E-state index in [2.05, 4.69) is 25.8 Å². The van der Waals surface area contributed by atoms with E-state index in [9.17, 15) is 22.0 Å². The van der Waals surface area contributed by atoms with E-state index in [1.165, 1.54) is 16.8 Å². The maximum absolute atomic E-state index is 13.7. The summed E-state index contributed by atoms with van der Waals surface area (Å²) in [6.07, 6.45) is 2.63. The zero-order chi connectivity index (χ0) is 23.6. The molecule has 0 bridgehead atoms. The maximum Gasteiger partial charge on any atom is 0.320 e. The Labute approximate surface area is 187 Å². The molecule has 3 heterocycles. The molecule has 2 N–H and O–H groups in total. The van der Waals surface area contributed by atoms with E-state index in [4.69, 9.17) is 4.42 Å². The van der Waals surface area contributed by atoms with E-state index in [-0.39, 0.29) is 17.6 Å². The fourth-order valence-corrected chi connectivity index (χ4v) is 3.98. The van der Waals surface area contributed by atoms with Crippen LogP contribution in [0.15, 0.2) is 40.9 Å². The first-order chi connectivity index (χ1) is 15.7. The fraction of sp³-hybridized carbons (Fsp3) is 0.263. The van der Waals surface area contributed by atoms with Gasteiger partial charge >= 0.3 is 17.8 Å². The van der Waals surface area contributed by atoms with Crippen molar-refractivity contribution in [3.8, 4) is 0 Å². The Morgan fingerprint density at radius 3 is 2.48 bits per heavy atom. The molecule has 0 aliphatic carbocycles. The third-order valence-electron chi connectivity index (χ3n) is 4.83. The lowest BCUT2D eigenvalue weighted by Gasteiger charge is -2.33. The second kappa shape index (κ2) is 9.07. The van der Waals surface area contributed by atoms with Crippen LogP contribution >= 0.6 is 0 Å². The van der Waals surface area contributed by atoms with Gasteiger partial charge in [0.25, 0.3) is 0 Å². The van der Waals surface area contributed by atoms with E-state index in [0.29, 0.717) is 43.8 Å². The van der Waals surface area contributed by atoms with E-state index in [1.807, 2.05) is 4.90 Å². The average Bonchev–Trinajstić information content (AvgIpc) is 3.25. The lowest BCUT2D eigenvalue weighted by molar-refractivity contribution is 0.0991. The van der Waals surface area contributed by atoms with Crippen LogP contribution in [0.2, 0.25) is 0 Å². The first kappa shape index (κ1) is 22.5. The number of anilines is 4. The molecule has 1 aliphatic heterocycles. The summed E-state index contributed by atoms with van der Waals surface area (Å²) >= 11 is 0. The summed E-state index contributed by atoms with van der Waals surface area (Å²) in [7, 11) is -3.22. The number of amides is 1. The summed E-state index contributed by atoms with van der Waals surface area (Å²) in [6.45, 7) is 1.74. The third-order valence-corrected chi connectivity index (χ3v) is 6.13. The van der Waals surface area contributed by atoms with Gasteiger partial charge in [0.15, 0.2) is 0 Å². The molecule has 0 saturated carbocycles. The highest BCUT2D eigenvalue weighted by molar-refractivity contribution is 7.88. The number of carbonyl (C=O) groups is 1. The molecule has 11 nitrogen and oxygen atoms in total. The minimum Gasteiger partial charge on any atom is -0.399 e. The normalized spacial score (nSPS) is 14.8. The molecule has 4 rings (SSSR count). The fourth-order valence-electron chi connectivity index (χ4n) is 3.15. The summed E-state index contributed by atoms with van der Waals surface area (Å²) in [5.74, 6) is -2.03. The number of nitrogens with one attached hydrogen (secondary N) is 2. The lowest BCUT2D eigenvalue weighted by Crippen LogP contribution is -2.48. The highest BCUT2D eigenvalue weighted by atomic mass is 32.2. The molecule has 1 saturated heterocycles. The predicted molar refractivity (Wildman–Crippen MR) is 115 cm³/mol. The Balaban J connectivity index is 1.35. The molecule has 1 aromatic carbocycles. The topological polar surface area (TPSA) is 134 Å². The summed E-state index contributed by atoms with van der Waals surface area (Å²) in [5, 5.41) is 12.3. The Bertz CT molecular complexity index is 1260. The van der Waals surface area contributed by atoms with Gasteiger partial charge in [-0.1, -0.05) is 5.10 Å². The van der Waals surface area contributed by atoms with Crippen molar-refractivity contribution in [2.45, 2.75) is 0 Å². The molecule has 3 aromatic rings. The molecule has 1 fully saturated rings. The molecule has 0 radical (unpaired) electrons. The van der Waals surface area contributed by atoms with Crippen LogP contribution in [-0.4, -0.2) is 66.2 Å². The molecule has 2 aromatic heterocycles. The number of carbonyl (C=O) groups excluding carboxylic acids is 1. The van der Waals surface area contributed by atoms with E-state index >= 15 is 0 Å². The van der Waals surface area contributed by atoms with Crippen molar-refractivity contribution in [1.29, 1.82) is 0 Å². The van der Waals surface area contributed by atoms with Crippen molar-refractivity contribution in [1.82, 2.24) is 19.5 Å². The van der Waals surface area contributed by atoms with Gasteiger partial charge in [0, 0.05) is 32.2 Å². The van der Waals surface area contributed by atoms with Gasteiger partial charge in [-0.2, -0.15) is 4.31 Å². The molecule has 33 heavy (non-hydrogen) atoms. The number of piperazine rings is 1. The number of sulfonamides is 1. The van der Waals surface area contributed by atoms with Crippen molar-refractivity contribution in [3.63, 3.8) is 0 Å².